The average molecular weight is 269 g/mol. The molecule has 0 radical (unpaired) electrons. The van der Waals surface area contributed by atoms with E-state index in [0.29, 0.717) is 25.7 Å². The summed E-state index contributed by atoms with van der Waals surface area (Å²) in [6.45, 7) is 11.1. The summed E-state index contributed by atoms with van der Waals surface area (Å²) in [7, 11) is 1.96. The van der Waals surface area contributed by atoms with Gasteiger partial charge in [-0.2, -0.15) is 5.10 Å². The Morgan fingerprint density at radius 3 is 2.42 bits per heavy atom. The molecular formula is C14H27N3O2. The van der Waals surface area contributed by atoms with Crippen molar-refractivity contribution in [3.05, 3.63) is 17.5 Å². The smallest absolute Gasteiger partial charge is 0.169 e. The molecule has 1 aromatic heterocycles. The maximum atomic E-state index is 5.50. The predicted molar refractivity (Wildman–Crippen MR) is 76.0 cm³/mol. The summed E-state index contributed by atoms with van der Waals surface area (Å²) >= 11 is 0. The van der Waals surface area contributed by atoms with Gasteiger partial charge in [0, 0.05) is 45.1 Å². The van der Waals surface area contributed by atoms with Crippen molar-refractivity contribution in [2.75, 3.05) is 19.8 Å². The van der Waals surface area contributed by atoms with Crippen molar-refractivity contribution in [2.45, 2.75) is 46.4 Å². The molecule has 0 saturated carbocycles. The maximum Gasteiger partial charge on any atom is 0.169 e. The van der Waals surface area contributed by atoms with Gasteiger partial charge in [-0.1, -0.05) is 13.8 Å². The second kappa shape index (κ2) is 8.30. The molecule has 1 N–H and O–H groups in total. The number of hydrogen-bond acceptors (Lipinski definition) is 4. The fourth-order valence-electron chi connectivity index (χ4n) is 2.04. The zero-order chi connectivity index (χ0) is 14.3. The number of nitrogens with zero attached hydrogens (tertiary/aromatic N) is 2. The van der Waals surface area contributed by atoms with Crippen LogP contribution in [-0.4, -0.2) is 35.8 Å². The summed E-state index contributed by atoms with van der Waals surface area (Å²) in [5.74, 6) is 0.438. The van der Waals surface area contributed by atoms with E-state index in [1.54, 1.807) is 0 Å². The molecule has 1 heterocycles. The Labute approximate surface area is 116 Å². The lowest BCUT2D eigenvalue weighted by Crippen LogP contribution is -2.31. The molecule has 0 unspecified atom stereocenters. The van der Waals surface area contributed by atoms with Crippen LogP contribution in [0.2, 0.25) is 0 Å². The third kappa shape index (κ3) is 5.30. The van der Waals surface area contributed by atoms with Gasteiger partial charge >= 0.3 is 0 Å². The molecule has 110 valence electrons. The van der Waals surface area contributed by atoms with Gasteiger partial charge in [0.25, 0.3) is 0 Å². The topological polar surface area (TPSA) is 48.3 Å². The highest BCUT2D eigenvalue weighted by Crippen LogP contribution is 2.16. The number of aryl methyl sites for hydroxylation is 1. The van der Waals surface area contributed by atoms with Crippen LogP contribution in [0.4, 0.5) is 0 Å². The number of rotatable bonds is 9. The van der Waals surface area contributed by atoms with Crippen LogP contribution in [0.1, 0.15) is 44.9 Å². The first-order chi connectivity index (χ1) is 9.08. The van der Waals surface area contributed by atoms with Gasteiger partial charge in [-0.3, -0.25) is 4.68 Å². The zero-order valence-electron chi connectivity index (χ0n) is 12.8. The number of hydrogen-bond donors (Lipinski definition) is 1. The van der Waals surface area contributed by atoms with Crippen LogP contribution in [0, 0.1) is 0 Å². The monoisotopic (exact) mass is 269 g/mol. The van der Waals surface area contributed by atoms with Crippen LogP contribution in [0.15, 0.2) is 6.20 Å². The van der Waals surface area contributed by atoms with Crippen molar-refractivity contribution in [2.24, 2.45) is 7.05 Å². The van der Waals surface area contributed by atoms with Gasteiger partial charge in [0.15, 0.2) is 6.29 Å². The summed E-state index contributed by atoms with van der Waals surface area (Å²) in [4.78, 5) is 0. The van der Waals surface area contributed by atoms with Crippen molar-refractivity contribution in [1.82, 2.24) is 15.1 Å². The molecule has 0 spiro atoms. The first-order valence-electron chi connectivity index (χ1n) is 7.04. The lowest BCUT2D eigenvalue weighted by atomic mass is 10.1. The minimum Gasteiger partial charge on any atom is -0.352 e. The van der Waals surface area contributed by atoms with E-state index >= 15 is 0 Å². The molecule has 5 nitrogen and oxygen atoms in total. The lowest BCUT2D eigenvalue weighted by molar-refractivity contribution is -0.133. The van der Waals surface area contributed by atoms with E-state index in [9.17, 15) is 0 Å². The second-order valence-corrected chi connectivity index (χ2v) is 4.84. The molecule has 0 aliphatic rings. The lowest BCUT2D eigenvalue weighted by Gasteiger charge is -2.17. The SMILES string of the molecule is CCOC(CNCc1cn(C)nc1C(C)C)OCC. The van der Waals surface area contributed by atoms with Crippen LogP contribution < -0.4 is 5.32 Å². The van der Waals surface area contributed by atoms with Crippen LogP contribution in [0.5, 0.6) is 0 Å². The third-order valence-electron chi connectivity index (χ3n) is 2.82. The van der Waals surface area contributed by atoms with E-state index in [-0.39, 0.29) is 6.29 Å². The van der Waals surface area contributed by atoms with E-state index in [2.05, 4.69) is 30.5 Å². The van der Waals surface area contributed by atoms with Crippen molar-refractivity contribution < 1.29 is 9.47 Å². The molecule has 0 bridgehead atoms. The molecule has 5 heteroatoms. The van der Waals surface area contributed by atoms with Gasteiger partial charge in [0.05, 0.1) is 5.69 Å². The Kier molecular flexibility index (Phi) is 7.05. The number of ether oxygens (including phenoxy) is 2. The largest absolute Gasteiger partial charge is 0.352 e. The van der Waals surface area contributed by atoms with Gasteiger partial charge in [-0.25, -0.2) is 0 Å². The molecule has 19 heavy (non-hydrogen) atoms. The van der Waals surface area contributed by atoms with Crippen molar-refractivity contribution >= 4 is 0 Å². The van der Waals surface area contributed by atoms with Crippen LogP contribution >= 0.6 is 0 Å². The van der Waals surface area contributed by atoms with Crippen LogP contribution in [0.3, 0.4) is 0 Å². The minimum absolute atomic E-state index is 0.172. The van der Waals surface area contributed by atoms with Gasteiger partial charge in [0.2, 0.25) is 0 Å². The Hall–Kier alpha value is -0.910. The fourth-order valence-corrected chi connectivity index (χ4v) is 2.04. The fraction of sp³-hybridized carbons (Fsp3) is 0.786. The molecular weight excluding hydrogens is 242 g/mol. The standard InChI is InChI=1S/C14H27N3O2/c1-6-18-13(19-7-2)9-15-8-12-10-17(5)16-14(12)11(3)4/h10-11,13,15H,6-9H2,1-5H3. The quantitative estimate of drug-likeness (QED) is 0.697. The molecule has 0 atom stereocenters. The van der Waals surface area contributed by atoms with Gasteiger partial charge in [-0.15, -0.1) is 0 Å². The van der Waals surface area contributed by atoms with Crippen LogP contribution in [-0.2, 0) is 23.1 Å². The molecule has 1 rings (SSSR count). The average Bonchev–Trinajstić information content (AvgIpc) is 2.71. The number of aromatic nitrogens is 2. The van der Waals surface area contributed by atoms with Crippen molar-refractivity contribution in [3.63, 3.8) is 0 Å². The van der Waals surface area contributed by atoms with E-state index < -0.39 is 0 Å². The van der Waals surface area contributed by atoms with Crippen molar-refractivity contribution in [1.29, 1.82) is 0 Å². The van der Waals surface area contributed by atoms with E-state index in [1.807, 2.05) is 25.6 Å². The highest BCUT2D eigenvalue weighted by atomic mass is 16.7. The normalized spacial score (nSPS) is 11.7. The maximum absolute atomic E-state index is 5.50. The van der Waals surface area contributed by atoms with Gasteiger partial charge in [0.1, 0.15) is 0 Å². The minimum atomic E-state index is -0.172. The summed E-state index contributed by atoms with van der Waals surface area (Å²) in [6, 6.07) is 0. The highest BCUT2D eigenvalue weighted by molar-refractivity contribution is 5.19. The summed E-state index contributed by atoms with van der Waals surface area (Å²) in [5, 5.41) is 7.87. The molecule has 0 aromatic carbocycles. The Morgan fingerprint density at radius 2 is 1.89 bits per heavy atom. The Bertz CT molecular complexity index is 358. The molecule has 0 amide bonds. The van der Waals surface area contributed by atoms with Gasteiger partial charge in [-0.05, 0) is 19.8 Å². The third-order valence-corrected chi connectivity index (χ3v) is 2.82. The summed E-state index contributed by atoms with van der Waals surface area (Å²) in [6.07, 6.45) is 1.90. The van der Waals surface area contributed by atoms with Crippen molar-refractivity contribution in [3.8, 4) is 0 Å². The Balaban J connectivity index is 2.47. The molecule has 1 aromatic rings. The summed E-state index contributed by atoms with van der Waals surface area (Å²) in [5.41, 5.74) is 2.39. The first-order valence-corrected chi connectivity index (χ1v) is 7.04. The predicted octanol–water partition coefficient (Wildman–Crippen LogP) is 2.03. The molecule has 0 aliphatic carbocycles. The first kappa shape index (κ1) is 16.1. The summed E-state index contributed by atoms with van der Waals surface area (Å²) < 4.78 is 12.9. The number of nitrogens with one attached hydrogen (secondary N) is 1. The highest BCUT2D eigenvalue weighted by Gasteiger charge is 2.12. The van der Waals surface area contributed by atoms with E-state index in [4.69, 9.17) is 9.47 Å². The Morgan fingerprint density at radius 1 is 1.26 bits per heavy atom. The van der Waals surface area contributed by atoms with Gasteiger partial charge < -0.3 is 14.8 Å². The van der Waals surface area contributed by atoms with E-state index in [0.717, 1.165) is 12.2 Å². The molecule has 0 fully saturated rings. The second-order valence-electron chi connectivity index (χ2n) is 4.84. The zero-order valence-corrected chi connectivity index (χ0v) is 12.8. The van der Waals surface area contributed by atoms with Crippen LogP contribution in [0.25, 0.3) is 0 Å². The molecule has 0 saturated heterocycles. The molecule has 0 aliphatic heterocycles. The van der Waals surface area contributed by atoms with E-state index in [1.165, 1.54) is 5.56 Å².